The largest absolute Gasteiger partial charge is 0.497 e. The number of methoxy groups -OCH3 is 2. The number of anilines is 1. The van der Waals surface area contributed by atoms with Gasteiger partial charge in [0.05, 0.1) is 33.8 Å². The molecule has 2 N–H and O–H groups in total. The van der Waals surface area contributed by atoms with Gasteiger partial charge in [-0.3, -0.25) is 14.3 Å². The number of aliphatic hydroxyl groups excluding tert-OH is 1. The molecule has 1 saturated heterocycles. The number of hydrogen-bond acceptors (Lipinski definition) is 10. The van der Waals surface area contributed by atoms with Crippen molar-refractivity contribution < 1.29 is 28.8 Å². The third kappa shape index (κ3) is 7.73. The summed E-state index contributed by atoms with van der Waals surface area (Å²) in [6, 6.07) is 35.2. The first-order chi connectivity index (χ1) is 27.9. The van der Waals surface area contributed by atoms with Crippen molar-refractivity contribution in [3.05, 3.63) is 144 Å². The van der Waals surface area contributed by atoms with Gasteiger partial charge in [-0.2, -0.15) is 0 Å². The third-order valence-electron chi connectivity index (χ3n) is 11.3. The molecule has 1 saturated carbocycles. The van der Waals surface area contributed by atoms with Crippen molar-refractivity contribution in [1.29, 1.82) is 0 Å². The zero-order valence-corrected chi connectivity index (χ0v) is 32.3. The number of rotatable bonds is 13. The lowest BCUT2D eigenvalue weighted by atomic mass is 9.79. The number of fused-ring (bicyclic) bond motifs is 1. The topological polar surface area (TPSA) is 133 Å². The number of benzene rings is 4. The SMILES string of the molecule is COc1ccc(C(OC[C@]2(CO)CN(C3CCCCC3)C[C@H](n3cnc4c(NC(=O)c5ccccc5)ncnc43)O2)(c2ccccc2)c2ccc(OC)cc2)cc1. The molecule has 0 radical (unpaired) electrons. The van der Waals surface area contributed by atoms with Crippen LogP contribution in [0.3, 0.4) is 0 Å². The van der Waals surface area contributed by atoms with Crippen molar-refractivity contribution in [2.45, 2.75) is 55.6 Å². The summed E-state index contributed by atoms with van der Waals surface area (Å²) in [5.41, 5.74) is 1.85. The Labute approximate surface area is 332 Å². The number of carbonyl (C=O) groups excluding carboxylic acids is 1. The highest BCUT2D eigenvalue weighted by Gasteiger charge is 2.47. The molecule has 1 aliphatic heterocycles. The molecular formula is C45H48N6O6. The number of carbonyl (C=O) groups is 1. The summed E-state index contributed by atoms with van der Waals surface area (Å²) >= 11 is 0. The first-order valence-corrected chi connectivity index (χ1v) is 19.5. The van der Waals surface area contributed by atoms with Crippen LogP contribution in [0.1, 0.15) is 65.4 Å². The number of hydrogen-bond donors (Lipinski definition) is 2. The number of imidazole rings is 1. The molecule has 2 aromatic heterocycles. The molecule has 1 amide bonds. The highest BCUT2D eigenvalue weighted by Crippen LogP contribution is 2.44. The fraction of sp³-hybridized carbons (Fsp3) is 0.333. The zero-order valence-electron chi connectivity index (χ0n) is 32.3. The fourth-order valence-electron chi connectivity index (χ4n) is 8.32. The van der Waals surface area contributed by atoms with E-state index in [2.05, 4.69) is 32.3 Å². The normalized spacial score (nSPS) is 19.3. The van der Waals surface area contributed by atoms with E-state index in [4.69, 9.17) is 23.9 Å². The van der Waals surface area contributed by atoms with E-state index >= 15 is 0 Å². The molecule has 12 nitrogen and oxygen atoms in total. The van der Waals surface area contributed by atoms with Crippen LogP contribution in [-0.2, 0) is 15.1 Å². The molecule has 6 aromatic rings. The predicted octanol–water partition coefficient (Wildman–Crippen LogP) is 7.00. The molecule has 4 aromatic carbocycles. The summed E-state index contributed by atoms with van der Waals surface area (Å²) in [5, 5.41) is 14.4. The summed E-state index contributed by atoms with van der Waals surface area (Å²) in [5.74, 6) is 1.46. The standard InChI is InChI=1S/C45H48N6O6/c1-54-37-22-18-34(19-23-37)45(33-14-8-4-9-15-33,35-20-24-38(55-2)25-21-35)56-29-44(28-52)27-50(36-16-10-5-11-17-36)26-39(57-44)51-31-48-40-41(46-30-47-42(40)51)49-43(53)32-12-6-3-7-13-32/h3-4,6-9,12-15,18-25,30-31,36,39,52H,5,10-11,16-17,26-29H2,1-2H3,(H,46,47,49,53)/t39-,44-/m1/s1. The van der Waals surface area contributed by atoms with Crippen molar-refractivity contribution in [2.75, 3.05) is 45.8 Å². The van der Waals surface area contributed by atoms with E-state index < -0.39 is 17.4 Å². The van der Waals surface area contributed by atoms with Crippen LogP contribution in [0.15, 0.2) is 122 Å². The smallest absolute Gasteiger partial charge is 0.256 e. The second kappa shape index (κ2) is 16.8. The Hall–Kier alpha value is -5.66. The fourth-order valence-corrected chi connectivity index (χ4v) is 8.32. The van der Waals surface area contributed by atoms with Gasteiger partial charge in [0.25, 0.3) is 5.91 Å². The van der Waals surface area contributed by atoms with E-state index in [-0.39, 0.29) is 19.1 Å². The highest BCUT2D eigenvalue weighted by molar-refractivity contribution is 6.06. The minimum absolute atomic E-state index is 0.0379. The number of nitrogens with one attached hydrogen (secondary N) is 1. The van der Waals surface area contributed by atoms with E-state index in [0.717, 1.165) is 53.9 Å². The summed E-state index contributed by atoms with van der Waals surface area (Å²) in [6.45, 7) is 0.744. The molecule has 2 atom stereocenters. The van der Waals surface area contributed by atoms with Crippen molar-refractivity contribution in [1.82, 2.24) is 24.4 Å². The lowest BCUT2D eigenvalue weighted by Crippen LogP contribution is -2.61. The maximum Gasteiger partial charge on any atom is 0.256 e. The van der Waals surface area contributed by atoms with Crippen molar-refractivity contribution in [3.8, 4) is 11.5 Å². The molecule has 3 heterocycles. The molecular weight excluding hydrogens is 721 g/mol. The Morgan fingerprint density at radius 3 is 2.05 bits per heavy atom. The van der Waals surface area contributed by atoms with Crippen LogP contribution in [0.4, 0.5) is 5.82 Å². The number of amides is 1. The van der Waals surface area contributed by atoms with Crippen LogP contribution in [-0.4, -0.2) is 87.6 Å². The monoisotopic (exact) mass is 768 g/mol. The number of aromatic nitrogens is 4. The minimum atomic E-state index is -1.16. The Morgan fingerprint density at radius 2 is 1.44 bits per heavy atom. The molecule has 0 unspecified atom stereocenters. The van der Waals surface area contributed by atoms with E-state index in [1.807, 2.05) is 89.5 Å². The summed E-state index contributed by atoms with van der Waals surface area (Å²) in [7, 11) is 3.30. The minimum Gasteiger partial charge on any atom is -0.497 e. The molecule has 2 aliphatic rings. The third-order valence-corrected chi connectivity index (χ3v) is 11.3. The first kappa shape index (κ1) is 38.2. The van der Waals surface area contributed by atoms with Gasteiger partial charge < -0.3 is 29.4 Å². The van der Waals surface area contributed by atoms with Crippen LogP contribution in [0.2, 0.25) is 0 Å². The molecule has 1 aliphatic carbocycles. The number of morpholine rings is 1. The highest BCUT2D eigenvalue weighted by atomic mass is 16.6. The van der Waals surface area contributed by atoms with Gasteiger partial charge >= 0.3 is 0 Å². The first-order valence-electron chi connectivity index (χ1n) is 19.5. The van der Waals surface area contributed by atoms with Gasteiger partial charge in [-0.15, -0.1) is 0 Å². The lowest BCUT2D eigenvalue weighted by Gasteiger charge is -2.50. The van der Waals surface area contributed by atoms with Crippen LogP contribution >= 0.6 is 0 Å². The molecule has 2 fully saturated rings. The van der Waals surface area contributed by atoms with E-state index in [0.29, 0.717) is 41.7 Å². The molecule has 8 rings (SSSR count). The molecule has 57 heavy (non-hydrogen) atoms. The van der Waals surface area contributed by atoms with Gasteiger partial charge in [0.15, 0.2) is 17.0 Å². The van der Waals surface area contributed by atoms with Crippen molar-refractivity contribution in [3.63, 3.8) is 0 Å². The van der Waals surface area contributed by atoms with Crippen LogP contribution in [0.5, 0.6) is 11.5 Å². The quantitative estimate of drug-likeness (QED) is 0.118. The van der Waals surface area contributed by atoms with E-state index in [1.165, 1.54) is 12.7 Å². The average molecular weight is 769 g/mol. The molecule has 0 spiro atoms. The predicted molar refractivity (Wildman–Crippen MR) is 216 cm³/mol. The lowest BCUT2D eigenvalue weighted by molar-refractivity contribution is -0.234. The Balaban J connectivity index is 1.19. The van der Waals surface area contributed by atoms with Gasteiger partial charge in [-0.25, -0.2) is 15.0 Å². The van der Waals surface area contributed by atoms with Gasteiger partial charge in [0.1, 0.15) is 35.3 Å². The van der Waals surface area contributed by atoms with Crippen LogP contribution in [0.25, 0.3) is 11.2 Å². The second-order valence-electron chi connectivity index (χ2n) is 14.8. The van der Waals surface area contributed by atoms with E-state index in [9.17, 15) is 9.90 Å². The zero-order chi connectivity index (χ0) is 39.2. The van der Waals surface area contributed by atoms with Crippen LogP contribution < -0.4 is 14.8 Å². The van der Waals surface area contributed by atoms with Crippen molar-refractivity contribution >= 4 is 22.9 Å². The average Bonchev–Trinajstić information content (AvgIpc) is 3.73. The Morgan fingerprint density at radius 1 is 0.825 bits per heavy atom. The number of aliphatic hydroxyl groups is 1. The Bertz CT molecular complexity index is 2200. The number of nitrogens with zero attached hydrogens (tertiary/aromatic N) is 5. The van der Waals surface area contributed by atoms with Crippen molar-refractivity contribution in [2.24, 2.45) is 0 Å². The second-order valence-corrected chi connectivity index (χ2v) is 14.8. The summed E-state index contributed by atoms with van der Waals surface area (Å²) in [4.78, 5) is 29.3. The maximum atomic E-state index is 13.1. The molecule has 12 heteroatoms. The molecule has 294 valence electrons. The van der Waals surface area contributed by atoms with Gasteiger partial charge in [0.2, 0.25) is 0 Å². The molecule has 0 bridgehead atoms. The summed E-state index contributed by atoms with van der Waals surface area (Å²) in [6.07, 6.45) is 8.12. The van der Waals surface area contributed by atoms with Gasteiger partial charge in [-0.05, 0) is 65.9 Å². The van der Waals surface area contributed by atoms with Crippen LogP contribution in [0, 0.1) is 0 Å². The van der Waals surface area contributed by atoms with E-state index in [1.54, 1.807) is 32.7 Å². The maximum absolute atomic E-state index is 13.1. The Kier molecular flexibility index (Phi) is 11.3. The van der Waals surface area contributed by atoms with Gasteiger partial charge in [0, 0.05) is 24.7 Å². The van der Waals surface area contributed by atoms with Gasteiger partial charge in [-0.1, -0.05) is 92.1 Å². The number of ether oxygens (including phenoxy) is 4. The summed E-state index contributed by atoms with van der Waals surface area (Å²) < 4.78 is 27.4.